The van der Waals surface area contributed by atoms with Gasteiger partial charge in [-0.25, -0.2) is 4.98 Å². The molecule has 0 saturated heterocycles. The first-order chi connectivity index (χ1) is 10.1. The summed E-state index contributed by atoms with van der Waals surface area (Å²) in [6.45, 7) is 0. The molecule has 1 amide bonds. The number of pyridine rings is 1. The molecule has 5 heteroatoms. The van der Waals surface area contributed by atoms with Gasteiger partial charge in [-0.2, -0.15) is 5.26 Å². The highest BCUT2D eigenvalue weighted by Gasteiger charge is 2.35. The fourth-order valence-corrected chi connectivity index (χ4v) is 3.06. The van der Waals surface area contributed by atoms with E-state index in [4.69, 9.17) is 11.6 Å². The highest BCUT2D eigenvalue weighted by atomic mass is 35.5. The lowest BCUT2D eigenvalue weighted by atomic mass is 9.99. The lowest BCUT2D eigenvalue weighted by molar-refractivity contribution is 0.0916. The standard InChI is InChI=1S/C16H14ClN3O/c17-14-12-6-2-1-5-11(12)9-13(19-14)15(21)20-16(10-18)7-3-4-8-16/h1-2,5-6,9H,3-4,7-8H2,(H,20,21). The summed E-state index contributed by atoms with van der Waals surface area (Å²) in [5.41, 5.74) is -0.503. The Labute approximate surface area is 127 Å². The van der Waals surface area contributed by atoms with Crippen LogP contribution in [-0.2, 0) is 0 Å². The molecule has 0 aliphatic heterocycles. The first-order valence-corrected chi connectivity index (χ1v) is 7.30. The lowest BCUT2D eigenvalue weighted by Crippen LogP contribution is -2.45. The maximum absolute atomic E-state index is 12.4. The molecule has 0 unspecified atom stereocenters. The topological polar surface area (TPSA) is 65.8 Å². The molecule has 4 nitrogen and oxygen atoms in total. The maximum Gasteiger partial charge on any atom is 0.271 e. The van der Waals surface area contributed by atoms with Crippen molar-refractivity contribution in [3.63, 3.8) is 0 Å². The van der Waals surface area contributed by atoms with E-state index < -0.39 is 5.54 Å². The average molecular weight is 300 g/mol. The smallest absolute Gasteiger partial charge is 0.271 e. The number of amides is 1. The Bertz CT molecular complexity index is 745. The van der Waals surface area contributed by atoms with Crippen molar-refractivity contribution >= 4 is 28.3 Å². The SMILES string of the molecule is N#CC1(NC(=O)c2cc3ccccc3c(Cl)n2)CCCC1. The summed E-state index contributed by atoms with van der Waals surface area (Å²) in [6.07, 6.45) is 3.30. The van der Waals surface area contributed by atoms with Gasteiger partial charge in [0.25, 0.3) is 5.91 Å². The van der Waals surface area contributed by atoms with Crippen molar-refractivity contribution in [3.05, 3.63) is 41.2 Å². The molecule has 1 aliphatic rings. The Balaban J connectivity index is 1.93. The third-order valence-electron chi connectivity index (χ3n) is 3.95. The summed E-state index contributed by atoms with van der Waals surface area (Å²) in [7, 11) is 0. The highest BCUT2D eigenvalue weighted by Crippen LogP contribution is 2.29. The van der Waals surface area contributed by atoms with Crippen LogP contribution in [-0.4, -0.2) is 16.4 Å². The van der Waals surface area contributed by atoms with Crippen LogP contribution in [0.1, 0.15) is 36.2 Å². The van der Waals surface area contributed by atoms with Gasteiger partial charge in [-0.1, -0.05) is 35.9 Å². The summed E-state index contributed by atoms with van der Waals surface area (Å²) in [5, 5.41) is 14.1. The summed E-state index contributed by atoms with van der Waals surface area (Å²) in [4.78, 5) is 16.5. The second-order valence-electron chi connectivity index (χ2n) is 5.37. The molecule has 0 bridgehead atoms. The molecular weight excluding hydrogens is 286 g/mol. The summed E-state index contributed by atoms with van der Waals surface area (Å²) in [6, 6.07) is 11.4. The number of rotatable bonds is 2. The van der Waals surface area contributed by atoms with Crippen LogP contribution >= 0.6 is 11.6 Å². The van der Waals surface area contributed by atoms with E-state index in [0.717, 1.165) is 23.6 Å². The number of carbonyl (C=O) groups excluding carboxylic acids is 1. The normalized spacial score (nSPS) is 16.6. The van der Waals surface area contributed by atoms with Crippen LogP contribution in [0.15, 0.2) is 30.3 Å². The number of fused-ring (bicyclic) bond motifs is 1. The van der Waals surface area contributed by atoms with E-state index in [0.29, 0.717) is 18.0 Å². The van der Waals surface area contributed by atoms with Crippen molar-refractivity contribution in [1.82, 2.24) is 10.3 Å². The Morgan fingerprint density at radius 1 is 1.33 bits per heavy atom. The number of hydrogen-bond acceptors (Lipinski definition) is 3. The number of nitriles is 1. The van der Waals surface area contributed by atoms with E-state index >= 15 is 0 Å². The van der Waals surface area contributed by atoms with Crippen molar-refractivity contribution < 1.29 is 4.79 Å². The van der Waals surface area contributed by atoms with E-state index in [-0.39, 0.29) is 11.6 Å². The second kappa shape index (κ2) is 5.34. The minimum atomic E-state index is -0.753. The van der Waals surface area contributed by atoms with E-state index in [2.05, 4.69) is 16.4 Å². The van der Waals surface area contributed by atoms with Crippen LogP contribution in [0.2, 0.25) is 5.15 Å². The third-order valence-corrected chi connectivity index (χ3v) is 4.24. The number of nitrogens with one attached hydrogen (secondary N) is 1. The van der Waals surface area contributed by atoms with Crippen LogP contribution in [0.25, 0.3) is 10.8 Å². The number of carbonyl (C=O) groups is 1. The van der Waals surface area contributed by atoms with Gasteiger partial charge in [0.1, 0.15) is 16.4 Å². The fraction of sp³-hybridized carbons (Fsp3) is 0.312. The summed E-state index contributed by atoms with van der Waals surface area (Å²) < 4.78 is 0. The molecule has 1 aliphatic carbocycles. The van der Waals surface area contributed by atoms with Gasteiger partial charge >= 0.3 is 0 Å². The van der Waals surface area contributed by atoms with Crippen LogP contribution < -0.4 is 5.32 Å². The van der Waals surface area contributed by atoms with Crippen LogP contribution in [0.4, 0.5) is 0 Å². The van der Waals surface area contributed by atoms with Crippen LogP contribution in [0.3, 0.4) is 0 Å². The number of benzene rings is 1. The number of aromatic nitrogens is 1. The zero-order valence-corrected chi connectivity index (χ0v) is 12.2. The second-order valence-corrected chi connectivity index (χ2v) is 5.73. The van der Waals surface area contributed by atoms with Gasteiger partial charge in [0, 0.05) is 5.39 Å². The molecule has 1 N–H and O–H groups in total. The Morgan fingerprint density at radius 3 is 2.76 bits per heavy atom. The minimum Gasteiger partial charge on any atom is -0.332 e. The minimum absolute atomic E-state index is 0.250. The predicted molar refractivity (Wildman–Crippen MR) is 81.0 cm³/mol. The van der Waals surface area contributed by atoms with Crippen molar-refractivity contribution in [3.8, 4) is 6.07 Å². The molecule has 0 atom stereocenters. The summed E-state index contributed by atoms with van der Waals surface area (Å²) >= 11 is 6.14. The zero-order chi connectivity index (χ0) is 14.9. The van der Waals surface area contributed by atoms with Gasteiger partial charge in [-0.05, 0) is 37.1 Å². The monoisotopic (exact) mass is 299 g/mol. The quantitative estimate of drug-likeness (QED) is 0.864. The molecule has 2 aromatic rings. The van der Waals surface area contributed by atoms with Crippen LogP contribution in [0, 0.1) is 11.3 Å². The number of hydrogen-bond donors (Lipinski definition) is 1. The Hall–Kier alpha value is -2.12. The summed E-state index contributed by atoms with van der Waals surface area (Å²) in [5.74, 6) is -0.342. The van der Waals surface area contributed by atoms with Gasteiger partial charge in [0.15, 0.2) is 0 Å². The first-order valence-electron chi connectivity index (χ1n) is 6.93. The van der Waals surface area contributed by atoms with E-state index in [1.807, 2.05) is 24.3 Å². The molecular formula is C16H14ClN3O. The molecule has 21 heavy (non-hydrogen) atoms. The van der Waals surface area contributed by atoms with Crippen molar-refractivity contribution in [1.29, 1.82) is 5.26 Å². The predicted octanol–water partition coefficient (Wildman–Crippen LogP) is 3.45. The zero-order valence-electron chi connectivity index (χ0n) is 11.4. The maximum atomic E-state index is 12.4. The van der Waals surface area contributed by atoms with Gasteiger partial charge in [-0.15, -0.1) is 0 Å². The molecule has 106 valence electrons. The largest absolute Gasteiger partial charge is 0.332 e. The molecule has 0 spiro atoms. The fourth-order valence-electron chi connectivity index (χ4n) is 2.80. The molecule has 1 aromatic carbocycles. The third kappa shape index (κ3) is 2.57. The van der Waals surface area contributed by atoms with Crippen molar-refractivity contribution in [2.75, 3.05) is 0 Å². The highest BCUT2D eigenvalue weighted by molar-refractivity contribution is 6.34. The molecule has 1 fully saturated rings. The van der Waals surface area contributed by atoms with Gasteiger partial charge < -0.3 is 5.32 Å². The molecule has 1 saturated carbocycles. The first kappa shape index (κ1) is 13.8. The average Bonchev–Trinajstić information content (AvgIpc) is 2.96. The Morgan fingerprint density at radius 2 is 2.05 bits per heavy atom. The number of nitrogens with zero attached hydrogens (tertiary/aromatic N) is 2. The molecule has 3 rings (SSSR count). The van der Waals surface area contributed by atoms with E-state index in [1.54, 1.807) is 6.07 Å². The van der Waals surface area contributed by atoms with Gasteiger partial charge in [0.2, 0.25) is 0 Å². The van der Waals surface area contributed by atoms with Gasteiger partial charge in [-0.3, -0.25) is 4.79 Å². The molecule has 1 aromatic heterocycles. The van der Waals surface area contributed by atoms with Crippen molar-refractivity contribution in [2.24, 2.45) is 0 Å². The van der Waals surface area contributed by atoms with Crippen molar-refractivity contribution in [2.45, 2.75) is 31.2 Å². The van der Waals surface area contributed by atoms with E-state index in [9.17, 15) is 10.1 Å². The van der Waals surface area contributed by atoms with Gasteiger partial charge in [0.05, 0.1) is 6.07 Å². The molecule has 1 heterocycles. The Kier molecular flexibility index (Phi) is 3.52. The molecule has 0 radical (unpaired) electrons. The van der Waals surface area contributed by atoms with Crippen LogP contribution in [0.5, 0.6) is 0 Å². The van der Waals surface area contributed by atoms with E-state index in [1.165, 1.54) is 0 Å². The lowest BCUT2D eigenvalue weighted by Gasteiger charge is -2.21. The number of halogens is 1.